The van der Waals surface area contributed by atoms with Gasteiger partial charge in [-0.25, -0.2) is 0 Å². The van der Waals surface area contributed by atoms with E-state index in [-0.39, 0.29) is 29.5 Å². The summed E-state index contributed by atoms with van der Waals surface area (Å²) < 4.78 is 7.01. The topological polar surface area (TPSA) is 67.7 Å². The summed E-state index contributed by atoms with van der Waals surface area (Å²) in [5, 5.41) is 6.65. The van der Waals surface area contributed by atoms with Gasteiger partial charge in [-0.15, -0.1) is 24.0 Å². The number of nitrogens with zero attached hydrogens (tertiary/aromatic N) is 2. The molecule has 160 valence electrons. The summed E-state index contributed by atoms with van der Waals surface area (Å²) in [5.74, 6) is 1.71. The molecule has 0 bridgehead atoms. The van der Waals surface area contributed by atoms with Crippen LogP contribution >= 0.6 is 24.0 Å². The Balaban J connectivity index is 0.00000420. The number of unbranched alkanes of at least 4 members (excludes halogenated alkanes) is 1. The van der Waals surface area contributed by atoms with Crippen LogP contribution in [-0.4, -0.2) is 37.3 Å². The van der Waals surface area contributed by atoms with E-state index in [4.69, 9.17) is 4.74 Å². The summed E-state index contributed by atoms with van der Waals surface area (Å²) in [6.07, 6.45) is 2.79. The molecule has 29 heavy (non-hydrogen) atoms. The fourth-order valence-electron chi connectivity index (χ4n) is 2.94. The first-order valence-electron chi connectivity index (χ1n) is 9.95. The molecule has 0 atom stereocenters. The average molecular weight is 512 g/mol. The van der Waals surface area contributed by atoms with Crippen molar-refractivity contribution in [1.82, 2.24) is 15.2 Å². The third kappa shape index (κ3) is 8.89. The molecule has 0 aliphatic carbocycles. The second kappa shape index (κ2) is 14.0. The van der Waals surface area contributed by atoms with Crippen LogP contribution in [0.1, 0.15) is 31.0 Å². The van der Waals surface area contributed by atoms with Crippen LogP contribution in [0.5, 0.6) is 5.75 Å². The molecule has 0 aliphatic rings. The van der Waals surface area contributed by atoms with E-state index in [0.717, 1.165) is 62.8 Å². The smallest absolute Gasteiger partial charge is 0.250 e. The molecule has 0 aliphatic heterocycles. The lowest BCUT2D eigenvalue weighted by molar-refractivity contribution is 0.414. The summed E-state index contributed by atoms with van der Waals surface area (Å²) >= 11 is 0. The molecule has 0 fully saturated rings. The number of guanidine groups is 1. The number of aryl methyl sites for hydroxylation is 1. The van der Waals surface area contributed by atoms with E-state index < -0.39 is 0 Å². The predicted molar refractivity (Wildman–Crippen MR) is 131 cm³/mol. The minimum absolute atomic E-state index is 0. The summed E-state index contributed by atoms with van der Waals surface area (Å²) in [4.78, 5) is 16.5. The van der Waals surface area contributed by atoms with Crippen LogP contribution in [0, 0.1) is 6.92 Å². The van der Waals surface area contributed by atoms with Crippen molar-refractivity contribution in [3.8, 4) is 5.75 Å². The largest absolute Gasteiger partial charge is 0.497 e. The van der Waals surface area contributed by atoms with Crippen molar-refractivity contribution in [3.05, 3.63) is 64.1 Å². The van der Waals surface area contributed by atoms with Crippen LogP contribution < -0.4 is 20.9 Å². The summed E-state index contributed by atoms with van der Waals surface area (Å²) in [5.41, 5.74) is 2.33. The predicted octanol–water partition coefficient (Wildman–Crippen LogP) is 3.36. The lowest BCUT2D eigenvalue weighted by atomic mass is 10.1. The van der Waals surface area contributed by atoms with E-state index in [0.29, 0.717) is 0 Å². The average Bonchev–Trinajstić information content (AvgIpc) is 2.70. The number of hydrogen-bond acceptors (Lipinski definition) is 3. The molecular weight excluding hydrogens is 479 g/mol. The number of benzene rings is 1. The summed E-state index contributed by atoms with van der Waals surface area (Å²) in [6, 6.07) is 13.5. The van der Waals surface area contributed by atoms with Gasteiger partial charge in [0.05, 0.1) is 7.11 Å². The summed E-state index contributed by atoms with van der Waals surface area (Å²) in [6.45, 7) is 7.14. The van der Waals surface area contributed by atoms with E-state index in [1.54, 1.807) is 19.2 Å². The fourth-order valence-corrected chi connectivity index (χ4v) is 2.94. The molecule has 0 saturated carbocycles. The Bertz CT molecular complexity index is 803. The van der Waals surface area contributed by atoms with Crippen LogP contribution in [0.25, 0.3) is 0 Å². The highest BCUT2D eigenvalue weighted by Crippen LogP contribution is 2.11. The number of aliphatic imine (C=N–C) groups is 1. The lowest BCUT2D eigenvalue weighted by Gasteiger charge is -2.12. The number of halogens is 1. The third-order valence-electron chi connectivity index (χ3n) is 4.54. The zero-order valence-corrected chi connectivity index (χ0v) is 19.9. The Morgan fingerprint density at radius 1 is 1.10 bits per heavy atom. The maximum Gasteiger partial charge on any atom is 0.250 e. The first-order chi connectivity index (χ1) is 13.6. The SMILES string of the molecule is CCNC(=NCCCCn1c(C)cccc1=O)NCCc1ccc(OC)cc1.I. The monoisotopic (exact) mass is 512 g/mol. The van der Waals surface area contributed by atoms with Gasteiger partial charge in [0.2, 0.25) is 0 Å². The van der Waals surface area contributed by atoms with Crippen LogP contribution in [0.15, 0.2) is 52.3 Å². The highest BCUT2D eigenvalue weighted by Gasteiger charge is 2.00. The first kappa shape index (κ1) is 25.0. The Morgan fingerprint density at radius 3 is 2.52 bits per heavy atom. The minimum Gasteiger partial charge on any atom is -0.497 e. The van der Waals surface area contributed by atoms with Crippen molar-refractivity contribution in [2.24, 2.45) is 4.99 Å². The second-order valence-electron chi connectivity index (χ2n) is 6.65. The molecule has 6 nitrogen and oxygen atoms in total. The standard InChI is InChI=1S/C22H32N4O2.HI/c1-4-23-22(25-16-14-19-10-12-20(28-3)13-11-19)24-15-5-6-17-26-18(2)8-7-9-21(26)27;/h7-13H,4-6,14-17H2,1-3H3,(H2,23,24,25);1H. The quantitative estimate of drug-likeness (QED) is 0.222. The molecule has 2 N–H and O–H groups in total. The van der Waals surface area contributed by atoms with Gasteiger partial charge in [-0.3, -0.25) is 9.79 Å². The molecule has 1 aromatic carbocycles. The van der Waals surface area contributed by atoms with Gasteiger partial charge in [0.25, 0.3) is 5.56 Å². The number of ether oxygens (including phenoxy) is 1. The maximum absolute atomic E-state index is 11.9. The molecule has 0 amide bonds. The van der Waals surface area contributed by atoms with Crippen molar-refractivity contribution < 1.29 is 4.74 Å². The van der Waals surface area contributed by atoms with Gasteiger partial charge in [0, 0.05) is 37.9 Å². The summed E-state index contributed by atoms with van der Waals surface area (Å²) in [7, 11) is 1.68. The van der Waals surface area contributed by atoms with Gasteiger partial charge in [-0.1, -0.05) is 18.2 Å². The lowest BCUT2D eigenvalue weighted by Crippen LogP contribution is -2.38. The molecule has 1 aromatic heterocycles. The number of pyridine rings is 1. The van der Waals surface area contributed by atoms with Crippen molar-refractivity contribution >= 4 is 29.9 Å². The van der Waals surface area contributed by atoms with Crippen molar-refractivity contribution in [1.29, 1.82) is 0 Å². The molecular formula is C22H33IN4O2. The molecule has 0 radical (unpaired) electrons. The molecule has 0 saturated heterocycles. The van der Waals surface area contributed by atoms with Gasteiger partial charge < -0.3 is 19.9 Å². The molecule has 1 heterocycles. The number of rotatable bonds is 10. The van der Waals surface area contributed by atoms with Crippen LogP contribution in [0.2, 0.25) is 0 Å². The van der Waals surface area contributed by atoms with E-state index in [1.807, 2.05) is 29.7 Å². The van der Waals surface area contributed by atoms with Crippen molar-refractivity contribution in [2.75, 3.05) is 26.7 Å². The zero-order chi connectivity index (χ0) is 20.2. The van der Waals surface area contributed by atoms with E-state index >= 15 is 0 Å². The molecule has 7 heteroatoms. The van der Waals surface area contributed by atoms with Gasteiger partial charge in [0.1, 0.15) is 5.75 Å². The van der Waals surface area contributed by atoms with Gasteiger partial charge in [0.15, 0.2) is 5.96 Å². The Kier molecular flexibility index (Phi) is 12.1. The van der Waals surface area contributed by atoms with Crippen LogP contribution in [0.4, 0.5) is 0 Å². The van der Waals surface area contributed by atoms with Gasteiger partial charge in [-0.2, -0.15) is 0 Å². The van der Waals surface area contributed by atoms with Crippen molar-refractivity contribution in [2.45, 2.75) is 39.7 Å². The third-order valence-corrected chi connectivity index (χ3v) is 4.54. The van der Waals surface area contributed by atoms with Gasteiger partial charge >= 0.3 is 0 Å². The molecule has 0 spiro atoms. The maximum atomic E-state index is 11.9. The molecule has 0 unspecified atom stereocenters. The molecule has 2 aromatic rings. The first-order valence-corrected chi connectivity index (χ1v) is 9.95. The number of hydrogen-bond donors (Lipinski definition) is 2. The highest BCUT2D eigenvalue weighted by molar-refractivity contribution is 14.0. The minimum atomic E-state index is 0. The van der Waals surface area contributed by atoms with Crippen LogP contribution in [0.3, 0.4) is 0 Å². The van der Waals surface area contributed by atoms with Gasteiger partial charge in [-0.05, 0) is 56.9 Å². The number of methoxy groups -OCH3 is 1. The number of aromatic nitrogens is 1. The molecule has 2 rings (SSSR count). The fraction of sp³-hybridized carbons (Fsp3) is 0.455. The number of nitrogens with one attached hydrogen (secondary N) is 2. The Hall–Kier alpha value is -2.03. The van der Waals surface area contributed by atoms with Crippen LogP contribution in [-0.2, 0) is 13.0 Å². The van der Waals surface area contributed by atoms with E-state index in [1.165, 1.54) is 5.56 Å². The second-order valence-corrected chi connectivity index (χ2v) is 6.65. The highest BCUT2D eigenvalue weighted by atomic mass is 127. The Morgan fingerprint density at radius 2 is 1.86 bits per heavy atom. The van der Waals surface area contributed by atoms with E-state index in [9.17, 15) is 4.79 Å². The zero-order valence-electron chi connectivity index (χ0n) is 17.6. The Labute approximate surface area is 190 Å². The van der Waals surface area contributed by atoms with Crippen molar-refractivity contribution in [3.63, 3.8) is 0 Å². The van der Waals surface area contributed by atoms with E-state index in [2.05, 4.69) is 34.7 Å². The normalized spacial score (nSPS) is 10.9.